The number of rotatable bonds is 3. The molecule has 0 aromatic carbocycles. The normalized spacial score (nSPS) is 41.5. The Morgan fingerprint density at radius 1 is 1.27 bits per heavy atom. The van der Waals surface area contributed by atoms with Gasteiger partial charge in [-0.15, -0.1) is 0 Å². The fourth-order valence-corrected chi connectivity index (χ4v) is 1.35. The van der Waals surface area contributed by atoms with E-state index in [2.05, 4.69) is 0 Å². The summed E-state index contributed by atoms with van der Waals surface area (Å²) < 4.78 is 9.69. The maximum atomic E-state index is 10.6. The molecule has 2 unspecified atom stereocenters. The predicted octanol–water partition coefficient (Wildman–Crippen LogP) is -2.08. The van der Waals surface area contributed by atoms with Crippen molar-refractivity contribution >= 4 is 5.97 Å². The van der Waals surface area contributed by atoms with E-state index >= 15 is 0 Å². The summed E-state index contributed by atoms with van der Waals surface area (Å²) in [6.45, 7) is 1.82. The Balaban J connectivity index is 2.75. The minimum atomic E-state index is -1.67. The molecular weight excluding hydrogens is 208 g/mol. The first-order chi connectivity index (χ1) is 6.99. The molecule has 0 bridgehead atoms. The van der Waals surface area contributed by atoms with Crippen molar-refractivity contribution in [2.45, 2.75) is 37.6 Å². The molecule has 1 aliphatic rings. The lowest BCUT2D eigenvalue weighted by Gasteiger charge is -2.38. The van der Waals surface area contributed by atoms with Gasteiger partial charge in [-0.25, -0.2) is 4.79 Å². The Labute approximate surface area is 85.9 Å². The standard InChI is InChI=1S/C8H14O7/c1-2-14-8-5(11)3(9)4(10)6(15-8)7(12)13/h3-6,8-11H,2H2,1H3,(H,12,13)/t3?,4-,5-,6?,8+/m0/s1. The molecule has 88 valence electrons. The molecule has 0 radical (unpaired) electrons. The van der Waals surface area contributed by atoms with E-state index in [0.29, 0.717) is 0 Å². The van der Waals surface area contributed by atoms with Crippen LogP contribution in [0.1, 0.15) is 6.92 Å². The topological polar surface area (TPSA) is 116 Å². The van der Waals surface area contributed by atoms with Crippen LogP contribution in [0.15, 0.2) is 0 Å². The van der Waals surface area contributed by atoms with E-state index in [9.17, 15) is 20.1 Å². The lowest BCUT2D eigenvalue weighted by Crippen LogP contribution is -2.60. The second kappa shape index (κ2) is 4.86. The van der Waals surface area contributed by atoms with Crippen LogP contribution >= 0.6 is 0 Å². The summed E-state index contributed by atoms with van der Waals surface area (Å²) in [5.74, 6) is -1.42. The van der Waals surface area contributed by atoms with Gasteiger partial charge in [-0.2, -0.15) is 0 Å². The SMILES string of the molecule is CCO[C@@H]1OC(C(=O)O)[C@@H](O)C(O)[C@@H]1O. The third kappa shape index (κ3) is 2.44. The van der Waals surface area contributed by atoms with Crippen LogP contribution in [0.2, 0.25) is 0 Å². The van der Waals surface area contributed by atoms with E-state index < -0.39 is 36.7 Å². The minimum absolute atomic E-state index is 0.191. The lowest BCUT2D eigenvalue weighted by atomic mass is 9.99. The second-order valence-corrected chi connectivity index (χ2v) is 3.19. The Kier molecular flexibility index (Phi) is 4.00. The predicted molar refractivity (Wildman–Crippen MR) is 45.9 cm³/mol. The van der Waals surface area contributed by atoms with E-state index in [1.54, 1.807) is 6.92 Å². The van der Waals surface area contributed by atoms with Crippen LogP contribution < -0.4 is 0 Å². The maximum absolute atomic E-state index is 10.6. The van der Waals surface area contributed by atoms with Gasteiger partial charge in [-0.1, -0.05) is 0 Å². The van der Waals surface area contributed by atoms with Crippen LogP contribution in [0.25, 0.3) is 0 Å². The van der Waals surface area contributed by atoms with Crippen molar-refractivity contribution in [2.24, 2.45) is 0 Å². The number of aliphatic hydroxyl groups excluding tert-OH is 3. The molecule has 15 heavy (non-hydrogen) atoms. The second-order valence-electron chi connectivity index (χ2n) is 3.19. The number of carboxylic acids is 1. The zero-order valence-electron chi connectivity index (χ0n) is 8.11. The number of carbonyl (C=O) groups is 1. The molecule has 0 aliphatic carbocycles. The highest BCUT2D eigenvalue weighted by Crippen LogP contribution is 2.22. The van der Waals surface area contributed by atoms with E-state index in [4.69, 9.17) is 14.6 Å². The summed E-state index contributed by atoms with van der Waals surface area (Å²) in [7, 11) is 0. The summed E-state index contributed by atoms with van der Waals surface area (Å²) in [4.78, 5) is 10.6. The maximum Gasteiger partial charge on any atom is 0.335 e. The molecule has 0 spiro atoms. The van der Waals surface area contributed by atoms with Gasteiger partial charge in [0, 0.05) is 6.61 Å². The Morgan fingerprint density at radius 2 is 1.87 bits per heavy atom. The molecule has 0 amide bonds. The molecule has 7 nitrogen and oxygen atoms in total. The molecule has 0 aromatic rings. The molecule has 7 heteroatoms. The van der Waals surface area contributed by atoms with Gasteiger partial charge in [-0.3, -0.25) is 0 Å². The first-order valence-corrected chi connectivity index (χ1v) is 4.53. The van der Waals surface area contributed by atoms with Crippen molar-refractivity contribution in [1.29, 1.82) is 0 Å². The fourth-order valence-electron chi connectivity index (χ4n) is 1.35. The number of aliphatic hydroxyl groups is 3. The molecule has 0 saturated carbocycles. The zero-order chi connectivity index (χ0) is 11.6. The van der Waals surface area contributed by atoms with Crippen LogP contribution in [-0.2, 0) is 14.3 Å². The highest BCUT2D eigenvalue weighted by molar-refractivity contribution is 5.73. The smallest absolute Gasteiger partial charge is 0.335 e. The Hall–Kier alpha value is -0.730. The summed E-state index contributed by atoms with van der Waals surface area (Å²) in [6, 6.07) is 0. The number of hydrogen-bond acceptors (Lipinski definition) is 6. The number of carboxylic acid groups (broad SMARTS) is 1. The molecule has 4 N–H and O–H groups in total. The molecule has 1 heterocycles. The van der Waals surface area contributed by atoms with Crippen LogP contribution in [0.3, 0.4) is 0 Å². The first-order valence-electron chi connectivity index (χ1n) is 4.53. The van der Waals surface area contributed by atoms with E-state index in [0.717, 1.165) is 0 Å². The summed E-state index contributed by atoms with van der Waals surface area (Å²) >= 11 is 0. The summed E-state index contributed by atoms with van der Waals surface area (Å²) in [6.07, 6.45) is -7.57. The van der Waals surface area contributed by atoms with Gasteiger partial charge in [-0.05, 0) is 6.92 Å². The Morgan fingerprint density at radius 3 is 2.33 bits per heavy atom. The van der Waals surface area contributed by atoms with Crippen molar-refractivity contribution in [3.8, 4) is 0 Å². The Bertz CT molecular complexity index is 231. The van der Waals surface area contributed by atoms with Crippen LogP contribution in [-0.4, -0.2) is 63.7 Å². The molecule has 0 aromatic heterocycles. The van der Waals surface area contributed by atoms with Crippen molar-refractivity contribution in [2.75, 3.05) is 6.61 Å². The molecular formula is C8H14O7. The zero-order valence-corrected chi connectivity index (χ0v) is 8.11. The summed E-state index contributed by atoms with van der Waals surface area (Å²) in [5.41, 5.74) is 0. The van der Waals surface area contributed by atoms with Gasteiger partial charge >= 0.3 is 5.97 Å². The van der Waals surface area contributed by atoms with Crippen molar-refractivity contribution < 1.29 is 34.7 Å². The van der Waals surface area contributed by atoms with Crippen LogP contribution in [0, 0.1) is 0 Å². The average Bonchev–Trinajstić information content (AvgIpc) is 2.18. The molecule has 1 aliphatic heterocycles. The molecule has 1 saturated heterocycles. The monoisotopic (exact) mass is 222 g/mol. The van der Waals surface area contributed by atoms with Gasteiger partial charge in [0.25, 0.3) is 0 Å². The van der Waals surface area contributed by atoms with E-state index in [1.165, 1.54) is 0 Å². The highest BCUT2D eigenvalue weighted by atomic mass is 16.7. The quantitative estimate of drug-likeness (QED) is 0.432. The van der Waals surface area contributed by atoms with Crippen molar-refractivity contribution in [1.82, 2.24) is 0 Å². The van der Waals surface area contributed by atoms with Crippen LogP contribution in [0.4, 0.5) is 0 Å². The van der Waals surface area contributed by atoms with Gasteiger partial charge in [0.1, 0.15) is 18.3 Å². The third-order valence-electron chi connectivity index (χ3n) is 2.14. The highest BCUT2D eigenvalue weighted by Gasteiger charge is 2.47. The molecule has 1 rings (SSSR count). The largest absolute Gasteiger partial charge is 0.479 e. The third-order valence-corrected chi connectivity index (χ3v) is 2.14. The van der Waals surface area contributed by atoms with Gasteiger partial charge in [0.05, 0.1) is 0 Å². The van der Waals surface area contributed by atoms with Gasteiger partial charge in [0.2, 0.25) is 0 Å². The van der Waals surface area contributed by atoms with Gasteiger partial charge in [0.15, 0.2) is 12.4 Å². The number of ether oxygens (including phenoxy) is 2. The number of hydrogen-bond donors (Lipinski definition) is 4. The van der Waals surface area contributed by atoms with E-state index in [-0.39, 0.29) is 6.61 Å². The summed E-state index contributed by atoms with van der Waals surface area (Å²) in [5, 5.41) is 36.7. The molecule has 1 fully saturated rings. The molecule has 5 atom stereocenters. The fraction of sp³-hybridized carbons (Fsp3) is 0.875. The average molecular weight is 222 g/mol. The van der Waals surface area contributed by atoms with Crippen LogP contribution in [0.5, 0.6) is 0 Å². The number of aliphatic carboxylic acids is 1. The minimum Gasteiger partial charge on any atom is -0.479 e. The first kappa shape index (κ1) is 12.3. The van der Waals surface area contributed by atoms with Gasteiger partial charge < -0.3 is 29.9 Å². The van der Waals surface area contributed by atoms with Crippen molar-refractivity contribution in [3.63, 3.8) is 0 Å². The van der Waals surface area contributed by atoms with E-state index in [1.807, 2.05) is 0 Å². The van der Waals surface area contributed by atoms with Crippen molar-refractivity contribution in [3.05, 3.63) is 0 Å². The lowest BCUT2D eigenvalue weighted by molar-refractivity contribution is -0.292.